The van der Waals surface area contributed by atoms with Crippen molar-refractivity contribution < 1.29 is 14.3 Å². The number of piperidine rings is 1. The quantitative estimate of drug-likeness (QED) is 0.778. The van der Waals surface area contributed by atoms with E-state index in [1.54, 1.807) is 4.90 Å². The number of carbonyl (C=O) groups excluding carboxylic acids is 2. The van der Waals surface area contributed by atoms with Gasteiger partial charge in [0, 0.05) is 25.4 Å². The van der Waals surface area contributed by atoms with E-state index in [1.807, 2.05) is 27.7 Å². The van der Waals surface area contributed by atoms with Crippen LogP contribution in [0.2, 0.25) is 0 Å². The highest BCUT2D eigenvalue weighted by molar-refractivity contribution is 5.79. The van der Waals surface area contributed by atoms with Gasteiger partial charge in [0.2, 0.25) is 0 Å². The van der Waals surface area contributed by atoms with Gasteiger partial charge in [-0.25, -0.2) is 4.79 Å². The summed E-state index contributed by atoms with van der Waals surface area (Å²) in [5, 5.41) is 0. The molecule has 1 saturated heterocycles. The SMILES string of the molecule is CCC(=O)CC1CCCCN1C(=O)OC(C)(C)C. The molecule has 1 amide bonds. The summed E-state index contributed by atoms with van der Waals surface area (Å²) in [6, 6.07) is 0.0287. The Morgan fingerprint density at radius 1 is 1.28 bits per heavy atom. The minimum Gasteiger partial charge on any atom is -0.444 e. The average Bonchev–Trinajstić information content (AvgIpc) is 2.27. The van der Waals surface area contributed by atoms with Gasteiger partial charge in [-0.05, 0) is 40.0 Å². The molecule has 1 heterocycles. The van der Waals surface area contributed by atoms with Gasteiger partial charge in [0.1, 0.15) is 11.4 Å². The molecule has 1 atom stereocenters. The van der Waals surface area contributed by atoms with Crippen molar-refractivity contribution in [2.24, 2.45) is 0 Å². The lowest BCUT2D eigenvalue weighted by atomic mass is 9.97. The highest BCUT2D eigenvalue weighted by Gasteiger charge is 2.31. The Morgan fingerprint density at radius 2 is 1.94 bits per heavy atom. The molecular weight excluding hydrogens is 230 g/mol. The molecule has 4 nitrogen and oxygen atoms in total. The number of ether oxygens (including phenoxy) is 1. The summed E-state index contributed by atoms with van der Waals surface area (Å²) in [5.41, 5.74) is -0.478. The summed E-state index contributed by atoms with van der Waals surface area (Å²) in [6.45, 7) is 8.16. The number of rotatable bonds is 3. The number of ketones is 1. The molecule has 0 aromatic rings. The van der Waals surface area contributed by atoms with E-state index in [1.165, 1.54) is 0 Å². The van der Waals surface area contributed by atoms with Gasteiger partial charge in [-0.3, -0.25) is 4.79 Å². The molecule has 4 heteroatoms. The first-order valence-electron chi connectivity index (χ1n) is 6.85. The Morgan fingerprint density at radius 3 is 2.50 bits per heavy atom. The summed E-state index contributed by atoms with van der Waals surface area (Å²) in [6.07, 6.45) is 3.72. The molecular formula is C14H25NO3. The molecule has 0 aliphatic carbocycles. The van der Waals surface area contributed by atoms with Crippen LogP contribution in [-0.4, -0.2) is 35.0 Å². The maximum Gasteiger partial charge on any atom is 0.410 e. The van der Waals surface area contributed by atoms with E-state index in [9.17, 15) is 9.59 Å². The Hall–Kier alpha value is -1.06. The molecule has 0 bridgehead atoms. The van der Waals surface area contributed by atoms with E-state index < -0.39 is 5.60 Å². The fourth-order valence-electron chi connectivity index (χ4n) is 2.18. The predicted octanol–water partition coefficient (Wildman–Crippen LogP) is 3.15. The van der Waals surface area contributed by atoms with E-state index in [4.69, 9.17) is 4.74 Å². The number of carbonyl (C=O) groups is 2. The maximum atomic E-state index is 12.1. The minimum atomic E-state index is -0.478. The van der Waals surface area contributed by atoms with Crippen molar-refractivity contribution in [1.29, 1.82) is 0 Å². The molecule has 0 aromatic carbocycles. The minimum absolute atomic E-state index is 0.0287. The van der Waals surface area contributed by atoms with Gasteiger partial charge < -0.3 is 9.64 Å². The number of hydrogen-bond acceptors (Lipinski definition) is 3. The molecule has 0 radical (unpaired) electrons. The second kappa shape index (κ2) is 6.21. The van der Waals surface area contributed by atoms with Crippen LogP contribution in [-0.2, 0) is 9.53 Å². The topological polar surface area (TPSA) is 46.6 Å². The highest BCUT2D eigenvalue weighted by atomic mass is 16.6. The van der Waals surface area contributed by atoms with Crippen LogP contribution >= 0.6 is 0 Å². The van der Waals surface area contributed by atoms with Gasteiger partial charge in [-0.2, -0.15) is 0 Å². The molecule has 0 spiro atoms. The molecule has 104 valence electrons. The molecule has 0 N–H and O–H groups in total. The van der Waals surface area contributed by atoms with Crippen molar-refractivity contribution >= 4 is 11.9 Å². The van der Waals surface area contributed by atoms with Gasteiger partial charge in [0.25, 0.3) is 0 Å². The van der Waals surface area contributed by atoms with Crippen molar-refractivity contribution in [2.75, 3.05) is 6.54 Å². The highest BCUT2D eigenvalue weighted by Crippen LogP contribution is 2.23. The third-order valence-electron chi connectivity index (χ3n) is 3.11. The molecule has 18 heavy (non-hydrogen) atoms. The molecule has 1 aliphatic rings. The smallest absolute Gasteiger partial charge is 0.410 e. The normalized spacial score (nSPS) is 20.7. The van der Waals surface area contributed by atoms with Crippen LogP contribution in [0, 0.1) is 0 Å². The Bertz CT molecular complexity index is 307. The van der Waals surface area contributed by atoms with Crippen molar-refractivity contribution in [1.82, 2.24) is 4.90 Å². The van der Waals surface area contributed by atoms with Crippen molar-refractivity contribution in [3.05, 3.63) is 0 Å². The second-order valence-corrected chi connectivity index (χ2v) is 5.92. The summed E-state index contributed by atoms with van der Waals surface area (Å²) >= 11 is 0. The van der Waals surface area contributed by atoms with Crippen molar-refractivity contribution in [3.8, 4) is 0 Å². The zero-order valence-electron chi connectivity index (χ0n) is 12.0. The largest absolute Gasteiger partial charge is 0.444 e. The lowest BCUT2D eigenvalue weighted by molar-refractivity contribution is -0.120. The van der Waals surface area contributed by atoms with Gasteiger partial charge >= 0.3 is 6.09 Å². The van der Waals surface area contributed by atoms with Crippen LogP contribution in [0.3, 0.4) is 0 Å². The van der Waals surface area contributed by atoms with Crippen LogP contribution in [0.5, 0.6) is 0 Å². The number of likely N-dealkylation sites (tertiary alicyclic amines) is 1. The summed E-state index contributed by atoms with van der Waals surface area (Å²) in [5.74, 6) is 0.218. The number of hydrogen-bond donors (Lipinski definition) is 0. The van der Waals surface area contributed by atoms with Crippen LogP contribution in [0.1, 0.15) is 59.8 Å². The molecule has 1 rings (SSSR count). The molecule has 1 unspecified atom stereocenters. The number of amides is 1. The Balaban J connectivity index is 2.64. The Labute approximate surface area is 110 Å². The molecule has 1 fully saturated rings. The van der Waals surface area contributed by atoms with Gasteiger partial charge in [-0.1, -0.05) is 6.92 Å². The van der Waals surface area contributed by atoms with Gasteiger partial charge in [-0.15, -0.1) is 0 Å². The lowest BCUT2D eigenvalue weighted by Crippen LogP contribution is -2.46. The number of nitrogens with zero attached hydrogens (tertiary/aromatic N) is 1. The summed E-state index contributed by atoms with van der Waals surface area (Å²) in [7, 11) is 0. The van der Waals surface area contributed by atoms with E-state index in [2.05, 4.69) is 0 Å². The van der Waals surface area contributed by atoms with E-state index >= 15 is 0 Å². The lowest BCUT2D eigenvalue weighted by Gasteiger charge is -2.36. The Kier molecular flexibility index (Phi) is 5.17. The first kappa shape index (κ1) is 15.0. The summed E-state index contributed by atoms with van der Waals surface area (Å²) < 4.78 is 5.40. The van der Waals surface area contributed by atoms with Crippen LogP contribution in [0.25, 0.3) is 0 Å². The van der Waals surface area contributed by atoms with Gasteiger partial charge in [0.15, 0.2) is 0 Å². The fraction of sp³-hybridized carbons (Fsp3) is 0.857. The standard InChI is InChI=1S/C14H25NO3/c1-5-12(16)10-11-8-6-7-9-15(11)13(17)18-14(2,3)4/h11H,5-10H2,1-4H3. The first-order chi connectivity index (χ1) is 8.33. The fourth-order valence-corrected chi connectivity index (χ4v) is 2.18. The number of Topliss-reactive ketones (excluding diaryl/α,β-unsaturated/α-hetero) is 1. The maximum absolute atomic E-state index is 12.1. The third kappa shape index (κ3) is 4.67. The van der Waals surface area contributed by atoms with Crippen LogP contribution < -0.4 is 0 Å². The molecule has 1 aliphatic heterocycles. The second-order valence-electron chi connectivity index (χ2n) is 5.92. The molecule has 0 saturated carbocycles. The predicted molar refractivity (Wildman–Crippen MR) is 70.5 cm³/mol. The van der Waals surface area contributed by atoms with Crippen molar-refractivity contribution in [3.63, 3.8) is 0 Å². The van der Waals surface area contributed by atoms with Crippen LogP contribution in [0.15, 0.2) is 0 Å². The van der Waals surface area contributed by atoms with E-state index in [0.717, 1.165) is 19.3 Å². The third-order valence-corrected chi connectivity index (χ3v) is 3.11. The van der Waals surface area contributed by atoms with E-state index in [0.29, 0.717) is 19.4 Å². The van der Waals surface area contributed by atoms with Crippen LogP contribution in [0.4, 0.5) is 4.79 Å². The zero-order valence-corrected chi connectivity index (χ0v) is 12.0. The molecule has 0 aromatic heterocycles. The monoisotopic (exact) mass is 255 g/mol. The van der Waals surface area contributed by atoms with Crippen molar-refractivity contribution in [2.45, 2.75) is 71.4 Å². The van der Waals surface area contributed by atoms with E-state index in [-0.39, 0.29) is 17.9 Å². The first-order valence-corrected chi connectivity index (χ1v) is 6.85. The summed E-state index contributed by atoms with van der Waals surface area (Å²) in [4.78, 5) is 25.4. The zero-order chi connectivity index (χ0) is 13.8. The average molecular weight is 255 g/mol. The van der Waals surface area contributed by atoms with Gasteiger partial charge in [0.05, 0.1) is 0 Å².